The first kappa shape index (κ1) is 13.1. The highest BCUT2D eigenvalue weighted by Crippen LogP contribution is 2.30. The zero-order chi connectivity index (χ0) is 13.8. The fourth-order valence-corrected chi connectivity index (χ4v) is 1.74. The highest BCUT2D eigenvalue weighted by molar-refractivity contribution is 5.66. The van der Waals surface area contributed by atoms with E-state index in [-0.39, 0.29) is 12.1 Å². The number of aromatic nitrogens is 2. The second kappa shape index (κ2) is 5.53. The number of nitrogens with one attached hydrogen (secondary N) is 1. The van der Waals surface area contributed by atoms with Gasteiger partial charge in [-0.25, -0.2) is 4.98 Å². The molecular weight excluding hydrogens is 246 g/mol. The molecule has 1 aromatic carbocycles. The van der Waals surface area contributed by atoms with Gasteiger partial charge in [0, 0.05) is 12.6 Å². The van der Waals surface area contributed by atoms with E-state index in [4.69, 9.17) is 15.2 Å². The zero-order valence-corrected chi connectivity index (χ0v) is 10.8. The molecular formula is C13H15N3O3. The van der Waals surface area contributed by atoms with Gasteiger partial charge in [0.15, 0.2) is 0 Å². The molecule has 0 spiro atoms. The summed E-state index contributed by atoms with van der Waals surface area (Å²) in [6.45, 7) is 0.198. The SMILES string of the molecule is COc1ccc(OC)c(-c2nc(CN)cc(=O)[nH]2)c1. The minimum Gasteiger partial charge on any atom is -0.497 e. The van der Waals surface area contributed by atoms with Crippen molar-refractivity contribution in [3.05, 3.63) is 40.3 Å². The largest absolute Gasteiger partial charge is 0.497 e. The van der Waals surface area contributed by atoms with Gasteiger partial charge in [-0.2, -0.15) is 0 Å². The highest BCUT2D eigenvalue weighted by Gasteiger charge is 2.11. The van der Waals surface area contributed by atoms with Crippen LogP contribution in [0.15, 0.2) is 29.1 Å². The topological polar surface area (TPSA) is 90.2 Å². The van der Waals surface area contributed by atoms with Crippen molar-refractivity contribution in [2.24, 2.45) is 5.73 Å². The average Bonchev–Trinajstić information content (AvgIpc) is 2.45. The molecule has 1 heterocycles. The number of aromatic amines is 1. The predicted octanol–water partition coefficient (Wildman–Crippen LogP) is 0.913. The molecule has 0 fully saturated rings. The van der Waals surface area contributed by atoms with Gasteiger partial charge in [0.25, 0.3) is 5.56 Å². The van der Waals surface area contributed by atoms with Crippen molar-refractivity contribution in [1.29, 1.82) is 0 Å². The second-order valence-corrected chi connectivity index (χ2v) is 3.86. The molecule has 0 amide bonds. The van der Waals surface area contributed by atoms with E-state index < -0.39 is 0 Å². The van der Waals surface area contributed by atoms with Gasteiger partial charge < -0.3 is 20.2 Å². The molecule has 0 bridgehead atoms. The van der Waals surface area contributed by atoms with Crippen LogP contribution in [0.2, 0.25) is 0 Å². The number of hydrogen-bond donors (Lipinski definition) is 2. The fraction of sp³-hybridized carbons (Fsp3) is 0.231. The molecule has 0 atom stereocenters. The van der Waals surface area contributed by atoms with E-state index in [1.807, 2.05) is 0 Å². The molecule has 2 rings (SSSR count). The molecule has 0 saturated carbocycles. The summed E-state index contributed by atoms with van der Waals surface area (Å²) in [6, 6.07) is 6.64. The monoisotopic (exact) mass is 261 g/mol. The maximum atomic E-state index is 11.6. The summed E-state index contributed by atoms with van der Waals surface area (Å²) in [5.74, 6) is 1.65. The molecule has 6 heteroatoms. The van der Waals surface area contributed by atoms with Crippen LogP contribution in [0.1, 0.15) is 5.69 Å². The third kappa shape index (κ3) is 2.74. The fourth-order valence-electron chi connectivity index (χ4n) is 1.74. The van der Waals surface area contributed by atoms with Gasteiger partial charge >= 0.3 is 0 Å². The molecule has 100 valence electrons. The van der Waals surface area contributed by atoms with Crippen LogP contribution in [-0.2, 0) is 6.54 Å². The Hall–Kier alpha value is -2.34. The lowest BCUT2D eigenvalue weighted by molar-refractivity contribution is 0.404. The van der Waals surface area contributed by atoms with Gasteiger partial charge in [-0.3, -0.25) is 4.79 Å². The zero-order valence-electron chi connectivity index (χ0n) is 10.8. The molecule has 0 unspecified atom stereocenters. The van der Waals surface area contributed by atoms with E-state index in [0.29, 0.717) is 28.6 Å². The molecule has 2 aromatic rings. The van der Waals surface area contributed by atoms with Gasteiger partial charge in [0.05, 0.1) is 25.5 Å². The number of nitrogens with zero attached hydrogens (tertiary/aromatic N) is 1. The third-order valence-electron chi connectivity index (χ3n) is 2.67. The molecule has 1 aromatic heterocycles. The van der Waals surface area contributed by atoms with Crippen molar-refractivity contribution in [1.82, 2.24) is 9.97 Å². The molecule has 0 saturated heterocycles. The summed E-state index contributed by atoms with van der Waals surface area (Å²) >= 11 is 0. The van der Waals surface area contributed by atoms with Crippen molar-refractivity contribution >= 4 is 0 Å². The maximum Gasteiger partial charge on any atom is 0.251 e. The standard InChI is InChI=1S/C13H15N3O3/c1-18-9-3-4-11(19-2)10(6-9)13-15-8(7-14)5-12(17)16-13/h3-6H,7,14H2,1-2H3,(H,15,16,17). The summed E-state index contributed by atoms with van der Waals surface area (Å²) in [5, 5.41) is 0. The van der Waals surface area contributed by atoms with Crippen LogP contribution in [0, 0.1) is 0 Å². The van der Waals surface area contributed by atoms with Gasteiger partial charge in [-0.05, 0) is 18.2 Å². The number of nitrogens with two attached hydrogens (primary N) is 1. The Morgan fingerprint density at radius 1 is 1.26 bits per heavy atom. The van der Waals surface area contributed by atoms with Crippen molar-refractivity contribution in [3.63, 3.8) is 0 Å². The average molecular weight is 261 g/mol. The number of benzene rings is 1. The molecule has 0 aliphatic carbocycles. The van der Waals surface area contributed by atoms with Crippen LogP contribution in [0.3, 0.4) is 0 Å². The Balaban J connectivity index is 2.62. The Bertz CT molecular complexity index is 637. The number of hydrogen-bond acceptors (Lipinski definition) is 5. The first-order chi connectivity index (χ1) is 9.17. The number of methoxy groups -OCH3 is 2. The lowest BCUT2D eigenvalue weighted by atomic mass is 10.1. The molecule has 3 N–H and O–H groups in total. The summed E-state index contributed by atoms with van der Waals surface area (Å²) < 4.78 is 10.4. The van der Waals surface area contributed by atoms with Gasteiger partial charge in [0.1, 0.15) is 17.3 Å². The van der Waals surface area contributed by atoms with Gasteiger partial charge in [0.2, 0.25) is 0 Å². The van der Waals surface area contributed by atoms with E-state index in [1.165, 1.54) is 6.07 Å². The van der Waals surface area contributed by atoms with Crippen LogP contribution in [0.25, 0.3) is 11.4 Å². The first-order valence-electron chi connectivity index (χ1n) is 5.70. The highest BCUT2D eigenvalue weighted by atomic mass is 16.5. The van der Waals surface area contributed by atoms with E-state index in [0.717, 1.165) is 0 Å². The van der Waals surface area contributed by atoms with E-state index in [2.05, 4.69) is 9.97 Å². The molecule has 0 aliphatic rings. The Kier molecular flexibility index (Phi) is 3.82. The lowest BCUT2D eigenvalue weighted by Gasteiger charge is -2.10. The predicted molar refractivity (Wildman–Crippen MR) is 71.3 cm³/mol. The van der Waals surface area contributed by atoms with E-state index in [9.17, 15) is 4.79 Å². The van der Waals surface area contributed by atoms with Crippen molar-refractivity contribution < 1.29 is 9.47 Å². The van der Waals surface area contributed by atoms with Crippen LogP contribution < -0.4 is 20.8 Å². The van der Waals surface area contributed by atoms with Crippen LogP contribution in [0.5, 0.6) is 11.5 Å². The van der Waals surface area contributed by atoms with E-state index in [1.54, 1.807) is 32.4 Å². The molecule has 0 aliphatic heterocycles. The van der Waals surface area contributed by atoms with Crippen molar-refractivity contribution in [2.45, 2.75) is 6.54 Å². The van der Waals surface area contributed by atoms with Gasteiger partial charge in [-0.15, -0.1) is 0 Å². The summed E-state index contributed by atoms with van der Waals surface area (Å²) in [7, 11) is 3.12. The minimum absolute atomic E-state index is 0.198. The quantitative estimate of drug-likeness (QED) is 0.853. The Labute approximate surface area is 110 Å². The normalized spacial score (nSPS) is 10.3. The first-order valence-corrected chi connectivity index (χ1v) is 5.70. The lowest BCUT2D eigenvalue weighted by Crippen LogP contribution is -2.13. The Morgan fingerprint density at radius 2 is 2.05 bits per heavy atom. The molecule has 19 heavy (non-hydrogen) atoms. The summed E-state index contributed by atoms with van der Waals surface area (Å²) in [4.78, 5) is 18.5. The minimum atomic E-state index is -0.254. The van der Waals surface area contributed by atoms with Crippen molar-refractivity contribution in [2.75, 3.05) is 14.2 Å². The van der Waals surface area contributed by atoms with Crippen LogP contribution >= 0.6 is 0 Å². The number of rotatable bonds is 4. The summed E-state index contributed by atoms with van der Waals surface area (Å²) in [5.41, 5.74) is 6.43. The summed E-state index contributed by atoms with van der Waals surface area (Å²) in [6.07, 6.45) is 0. The number of H-pyrrole nitrogens is 1. The molecule has 6 nitrogen and oxygen atoms in total. The Morgan fingerprint density at radius 3 is 2.68 bits per heavy atom. The van der Waals surface area contributed by atoms with E-state index >= 15 is 0 Å². The third-order valence-corrected chi connectivity index (χ3v) is 2.67. The van der Waals surface area contributed by atoms with Gasteiger partial charge in [-0.1, -0.05) is 0 Å². The van der Waals surface area contributed by atoms with Crippen LogP contribution in [0.4, 0.5) is 0 Å². The smallest absolute Gasteiger partial charge is 0.251 e. The second-order valence-electron chi connectivity index (χ2n) is 3.86. The van der Waals surface area contributed by atoms with Crippen molar-refractivity contribution in [3.8, 4) is 22.9 Å². The van der Waals surface area contributed by atoms with Crippen LogP contribution in [-0.4, -0.2) is 24.2 Å². The molecule has 0 radical (unpaired) electrons. The maximum absolute atomic E-state index is 11.6. The number of ether oxygens (including phenoxy) is 2.